The van der Waals surface area contributed by atoms with Gasteiger partial charge in [-0.2, -0.15) is 0 Å². The molecule has 0 saturated heterocycles. The fraction of sp³-hybridized carbons (Fsp3) is 0.227. The van der Waals surface area contributed by atoms with E-state index < -0.39 is 5.97 Å². The molecule has 4 nitrogen and oxygen atoms in total. The summed E-state index contributed by atoms with van der Waals surface area (Å²) in [7, 11) is 0. The number of carbonyl (C=O) groups is 1. The van der Waals surface area contributed by atoms with Crippen molar-refractivity contribution in [2.75, 3.05) is 0 Å². The summed E-state index contributed by atoms with van der Waals surface area (Å²) in [5.74, 6) is -1.22. The van der Waals surface area contributed by atoms with Gasteiger partial charge >= 0.3 is 5.97 Å². The Morgan fingerprint density at radius 2 is 1.74 bits per heavy atom. The number of nitrogens with one attached hydrogen (secondary N) is 1. The monoisotopic (exact) mass is 366 g/mol. The average molecular weight is 366 g/mol. The third kappa shape index (κ3) is 3.93. The fourth-order valence-electron chi connectivity index (χ4n) is 3.46. The third-order valence-electron chi connectivity index (χ3n) is 4.80. The molecular formula is C22H23FN2O2. The molecule has 0 aliphatic heterocycles. The molecule has 0 radical (unpaired) electrons. The minimum Gasteiger partial charge on any atom is -0.478 e. The first kappa shape index (κ1) is 18.9. The van der Waals surface area contributed by atoms with Crippen molar-refractivity contribution in [2.45, 2.75) is 33.9 Å². The van der Waals surface area contributed by atoms with E-state index in [1.165, 1.54) is 12.1 Å². The molecule has 27 heavy (non-hydrogen) atoms. The van der Waals surface area contributed by atoms with Crippen LogP contribution in [0, 0.1) is 26.6 Å². The Morgan fingerprint density at radius 1 is 1.04 bits per heavy atom. The Labute approximate surface area is 158 Å². The molecule has 0 aliphatic carbocycles. The maximum Gasteiger partial charge on any atom is 0.337 e. The Morgan fingerprint density at radius 3 is 2.37 bits per heavy atom. The maximum atomic E-state index is 13.3. The topological polar surface area (TPSA) is 54.3 Å². The van der Waals surface area contributed by atoms with Crippen molar-refractivity contribution in [3.8, 4) is 5.69 Å². The van der Waals surface area contributed by atoms with E-state index >= 15 is 0 Å². The summed E-state index contributed by atoms with van der Waals surface area (Å²) in [5.41, 5.74) is 5.56. The van der Waals surface area contributed by atoms with Crippen molar-refractivity contribution in [3.05, 3.63) is 88.0 Å². The minimum absolute atomic E-state index is 0.280. The zero-order valence-electron chi connectivity index (χ0n) is 15.7. The Kier molecular flexibility index (Phi) is 5.42. The molecule has 1 heterocycles. The molecule has 140 valence electrons. The first-order chi connectivity index (χ1) is 12.9. The van der Waals surface area contributed by atoms with Gasteiger partial charge in [0.25, 0.3) is 0 Å². The van der Waals surface area contributed by atoms with Crippen LogP contribution >= 0.6 is 0 Å². The van der Waals surface area contributed by atoms with Gasteiger partial charge in [0, 0.05) is 35.7 Å². The number of benzene rings is 2. The van der Waals surface area contributed by atoms with E-state index in [1.54, 1.807) is 6.07 Å². The summed E-state index contributed by atoms with van der Waals surface area (Å²) in [5, 5.41) is 13.0. The van der Waals surface area contributed by atoms with Gasteiger partial charge in [0.1, 0.15) is 5.82 Å². The second kappa shape index (κ2) is 7.76. The molecule has 0 amide bonds. The summed E-state index contributed by atoms with van der Waals surface area (Å²) >= 11 is 0. The lowest BCUT2D eigenvalue weighted by Crippen LogP contribution is -2.15. The number of aryl methyl sites for hydroxylation is 1. The Bertz CT molecular complexity index is 975. The molecule has 3 rings (SSSR count). The van der Waals surface area contributed by atoms with Crippen LogP contribution < -0.4 is 5.32 Å². The van der Waals surface area contributed by atoms with E-state index in [0.717, 1.165) is 28.1 Å². The quantitative estimate of drug-likeness (QED) is 0.674. The smallest absolute Gasteiger partial charge is 0.337 e. The zero-order valence-corrected chi connectivity index (χ0v) is 15.7. The number of halogens is 1. The number of hydrogen-bond acceptors (Lipinski definition) is 2. The second-order valence-corrected chi connectivity index (χ2v) is 6.73. The van der Waals surface area contributed by atoms with Crippen LogP contribution in [0.5, 0.6) is 0 Å². The molecule has 0 atom stereocenters. The van der Waals surface area contributed by atoms with E-state index in [9.17, 15) is 14.3 Å². The number of aromatic carboxylic acids is 1. The lowest BCUT2D eigenvalue weighted by atomic mass is 10.1. The molecule has 0 unspecified atom stereocenters. The summed E-state index contributed by atoms with van der Waals surface area (Å²) in [6.45, 7) is 6.63. The number of carboxylic acid groups (broad SMARTS) is 1. The van der Waals surface area contributed by atoms with Gasteiger partial charge in [0.05, 0.1) is 5.56 Å². The van der Waals surface area contributed by atoms with Crippen LogP contribution in [0.1, 0.15) is 38.4 Å². The molecule has 2 aromatic carbocycles. The van der Waals surface area contributed by atoms with Crippen molar-refractivity contribution < 1.29 is 14.3 Å². The van der Waals surface area contributed by atoms with Crippen LogP contribution in [0.25, 0.3) is 5.69 Å². The summed E-state index contributed by atoms with van der Waals surface area (Å²) < 4.78 is 15.3. The average Bonchev–Trinajstić information content (AvgIpc) is 2.86. The molecule has 0 bridgehead atoms. The molecule has 0 saturated carbocycles. The van der Waals surface area contributed by atoms with Crippen LogP contribution in [0.3, 0.4) is 0 Å². The first-order valence-electron chi connectivity index (χ1n) is 8.84. The van der Waals surface area contributed by atoms with Crippen LogP contribution in [0.15, 0.2) is 48.5 Å². The van der Waals surface area contributed by atoms with Gasteiger partial charge in [-0.1, -0.05) is 29.8 Å². The second-order valence-electron chi connectivity index (χ2n) is 6.73. The molecule has 0 aliphatic rings. The van der Waals surface area contributed by atoms with Crippen LogP contribution in [0.2, 0.25) is 0 Å². The van der Waals surface area contributed by atoms with Crippen molar-refractivity contribution in [1.82, 2.24) is 9.88 Å². The number of carboxylic acids is 1. The zero-order chi connectivity index (χ0) is 19.6. The molecule has 0 spiro atoms. The Hall–Kier alpha value is -2.92. The van der Waals surface area contributed by atoms with Crippen molar-refractivity contribution >= 4 is 5.97 Å². The molecule has 3 aromatic rings. The number of hydrogen-bond donors (Lipinski definition) is 2. The highest BCUT2D eigenvalue weighted by molar-refractivity contribution is 5.91. The van der Waals surface area contributed by atoms with Gasteiger partial charge in [-0.15, -0.1) is 0 Å². The number of aromatic nitrogens is 1. The molecular weight excluding hydrogens is 343 g/mol. The number of nitrogens with zero attached hydrogens (tertiary/aromatic N) is 1. The van der Waals surface area contributed by atoms with Crippen LogP contribution in [-0.2, 0) is 13.1 Å². The van der Waals surface area contributed by atoms with E-state index in [2.05, 4.69) is 5.32 Å². The first-order valence-corrected chi connectivity index (χ1v) is 8.84. The largest absolute Gasteiger partial charge is 0.478 e. The lowest BCUT2D eigenvalue weighted by molar-refractivity contribution is 0.0695. The van der Waals surface area contributed by atoms with Crippen LogP contribution in [0.4, 0.5) is 4.39 Å². The normalized spacial score (nSPS) is 11.0. The van der Waals surface area contributed by atoms with Crippen molar-refractivity contribution in [2.24, 2.45) is 0 Å². The van der Waals surface area contributed by atoms with E-state index in [0.29, 0.717) is 24.3 Å². The van der Waals surface area contributed by atoms with Gasteiger partial charge in [-0.25, -0.2) is 9.18 Å². The SMILES string of the molecule is Cc1ccc(-n2c(C)c(CNCc3cccc(F)c3)c(C(=O)O)c2C)cc1. The van der Waals surface area contributed by atoms with E-state index in [-0.39, 0.29) is 5.82 Å². The summed E-state index contributed by atoms with van der Waals surface area (Å²) in [6.07, 6.45) is 0. The highest BCUT2D eigenvalue weighted by Gasteiger charge is 2.23. The van der Waals surface area contributed by atoms with Crippen LogP contribution in [-0.4, -0.2) is 15.6 Å². The predicted molar refractivity (Wildman–Crippen MR) is 104 cm³/mol. The van der Waals surface area contributed by atoms with Gasteiger partial charge in [-0.05, 0) is 50.6 Å². The lowest BCUT2D eigenvalue weighted by Gasteiger charge is -2.10. The van der Waals surface area contributed by atoms with Gasteiger partial charge < -0.3 is 15.0 Å². The number of rotatable bonds is 6. The molecule has 1 aromatic heterocycles. The van der Waals surface area contributed by atoms with Gasteiger partial charge in [0.2, 0.25) is 0 Å². The molecule has 0 fully saturated rings. The van der Waals surface area contributed by atoms with Gasteiger partial charge in [-0.3, -0.25) is 0 Å². The highest BCUT2D eigenvalue weighted by Crippen LogP contribution is 2.26. The van der Waals surface area contributed by atoms with E-state index in [1.807, 2.05) is 55.7 Å². The van der Waals surface area contributed by atoms with Crippen molar-refractivity contribution in [3.63, 3.8) is 0 Å². The van der Waals surface area contributed by atoms with E-state index in [4.69, 9.17) is 0 Å². The Balaban J connectivity index is 1.91. The van der Waals surface area contributed by atoms with Crippen molar-refractivity contribution in [1.29, 1.82) is 0 Å². The summed E-state index contributed by atoms with van der Waals surface area (Å²) in [6, 6.07) is 14.4. The maximum absolute atomic E-state index is 13.3. The molecule has 5 heteroatoms. The van der Waals surface area contributed by atoms with Gasteiger partial charge in [0.15, 0.2) is 0 Å². The third-order valence-corrected chi connectivity index (χ3v) is 4.80. The minimum atomic E-state index is -0.941. The standard InChI is InChI=1S/C22H23FN2O2/c1-14-7-9-19(10-8-14)25-15(2)20(21(16(25)3)22(26)27)13-24-12-17-5-4-6-18(23)11-17/h4-11,24H,12-13H2,1-3H3,(H,26,27). The summed E-state index contributed by atoms with van der Waals surface area (Å²) in [4.78, 5) is 11.9. The highest BCUT2D eigenvalue weighted by atomic mass is 19.1. The predicted octanol–water partition coefficient (Wildman–Crippen LogP) is 4.53. The fourth-order valence-corrected chi connectivity index (χ4v) is 3.46. The molecule has 2 N–H and O–H groups in total.